The van der Waals surface area contributed by atoms with Crippen LogP contribution in [0.3, 0.4) is 0 Å². The number of sulfonamides is 1. The lowest BCUT2D eigenvalue weighted by Gasteiger charge is -2.16. The van der Waals surface area contributed by atoms with Crippen LogP contribution in [0, 0.1) is 17.1 Å². The van der Waals surface area contributed by atoms with Gasteiger partial charge in [-0.1, -0.05) is 12.1 Å². The molecule has 0 atom stereocenters. The van der Waals surface area contributed by atoms with Crippen molar-refractivity contribution < 1.29 is 17.6 Å². The van der Waals surface area contributed by atoms with E-state index in [4.69, 9.17) is 5.26 Å². The van der Waals surface area contributed by atoms with Gasteiger partial charge >= 0.3 is 0 Å². The Morgan fingerprint density at radius 2 is 1.87 bits per heavy atom. The van der Waals surface area contributed by atoms with E-state index in [1.54, 1.807) is 12.1 Å². The number of amides is 1. The normalized spacial score (nSPS) is 13.3. The molecule has 3 rings (SSSR count). The number of fused-ring (bicyclic) bond motifs is 1. The second kappa shape index (κ2) is 9.83. The van der Waals surface area contributed by atoms with Crippen LogP contribution in [-0.4, -0.2) is 20.9 Å². The summed E-state index contributed by atoms with van der Waals surface area (Å²) < 4.78 is 41.3. The first-order valence-electron chi connectivity index (χ1n) is 9.96. The number of nitrogens with zero attached hydrogens (tertiary/aromatic N) is 1. The fourth-order valence-electron chi connectivity index (χ4n) is 3.46. The molecule has 2 N–H and O–H groups in total. The quantitative estimate of drug-likeness (QED) is 0.630. The van der Waals surface area contributed by atoms with Gasteiger partial charge in [0.2, 0.25) is 15.9 Å². The lowest BCUT2D eigenvalue weighted by Crippen LogP contribution is -2.28. The van der Waals surface area contributed by atoms with Crippen molar-refractivity contribution in [3.8, 4) is 6.07 Å². The smallest absolute Gasteiger partial charge is 0.240 e. The summed E-state index contributed by atoms with van der Waals surface area (Å²) in [5.41, 5.74) is 2.82. The highest BCUT2D eigenvalue weighted by molar-refractivity contribution is 7.89. The van der Waals surface area contributed by atoms with Gasteiger partial charge in [0.15, 0.2) is 0 Å². The maximum Gasteiger partial charge on any atom is 0.240 e. The van der Waals surface area contributed by atoms with Crippen LogP contribution < -0.4 is 10.0 Å². The van der Waals surface area contributed by atoms with E-state index in [1.165, 1.54) is 17.7 Å². The van der Waals surface area contributed by atoms with Crippen molar-refractivity contribution in [2.75, 3.05) is 6.54 Å². The Balaban J connectivity index is 1.44. The Labute approximate surface area is 176 Å². The van der Waals surface area contributed by atoms with E-state index in [1.807, 2.05) is 12.1 Å². The third-order valence-electron chi connectivity index (χ3n) is 5.16. The third-order valence-corrected chi connectivity index (χ3v) is 6.62. The van der Waals surface area contributed by atoms with Crippen molar-refractivity contribution in [2.45, 2.75) is 50.0 Å². The first kappa shape index (κ1) is 21.9. The Morgan fingerprint density at radius 3 is 2.60 bits per heavy atom. The fraction of sp³-hybridized carbons (Fsp3) is 0.364. The topological polar surface area (TPSA) is 99.1 Å². The van der Waals surface area contributed by atoms with Gasteiger partial charge in [-0.05, 0) is 67.5 Å². The molecular formula is C22H24FN3O3S. The number of carbonyl (C=O) groups is 1. The molecule has 1 aliphatic rings. The summed E-state index contributed by atoms with van der Waals surface area (Å²) in [6.07, 6.45) is 4.54. The standard InChI is InChI=1S/C22H24FN3O3S/c23-21-12-16(14-24)7-8-19(21)15-25-22(27)6-3-11-26-30(28,29)20-10-9-17-4-1-2-5-18(17)13-20/h7-10,12-13,26H,1-6,11,15H2,(H,25,27). The minimum Gasteiger partial charge on any atom is -0.352 e. The van der Waals surface area contributed by atoms with E-state index in [-0.39, 0.29) is 41.4 Å². The summed E-state index contributed by atoms with van der Waals surface area (Å²) in [5.74, 6) is -0.848. The van der Waals surface area contributed by atoms with Crippen LogP contribution in [0.1, 0.15) is 47.9 Å². The van der Waals surface area contributed by atoms with Crippen molar-refractivity contribution in [1.82, 2.24) is 10.0 Å². The SMILES string of the molecule is N#Cc1ccc(CNC(=O)CCCNS(=O)(=O)c2ccc3c(c2)CCCC3)c(F)c1. The average Bonchev–Trinajstić information content (AvgIpc) is 2.75. The number of nitrogens with one attached hydrogen (secondary N) is 2. The van der Waals surface area contributed by atoms with Crippen molar-refractivity contribution in [3.63, 3.8) is 0 Å². The van der Waals surface area contributed by atoms with Gasteiger partial charge in [-0.25, -0.2) is 17.5 Å². The van der Waals surface area contributed by atoms with Crippen LogP contribution in [-0.2, 0) is 34.2 Å². The first-order chi connectivity index (χ1) is 14.4. The lowest BCUT2D eigenvalue weighted by atomic mass is 9.92. The third kappa shape index (κ3) is 5.65. The second-order valence-corrected chi connectivity index (χ2v) is 9.10. The molecule has 0 spiro atoms. The Bertz CT molecular complexity index is 1080. The van der Waals surface area contributed by atoms with Crippen LogP contribution in [0.2, 0.25) is 0 Å². The number of rotatable bonds is 8. The van der Waals surface area contributed by atoms with Gasteiger partial charge in [-0.3, -0.25) is 4.79 Å². The number of carbonyl (C=O) groups excluding carboxylic acids is 1. The van der Waals surface area contributed by atoms with Crippen LogP contribution in [0.4, 0.5) is 4.39 Å². The fourth-order valence-corrected chi connectivity index (χ4v) is 4.58. The van der Waals surface area contributed by atoms with Crippen LogP contribution in [0.25, 0.3) is 0 Å². The summed E-state index contributed by atoms with van der Waals surface area (Å²) >= 11 is 0. The van der Waals surface area contributed by atoms with Crippen LogP contribution in [0.15, 0.2) is 41.3 Å². The average molecular weight is 430 g/mol. The van der Waals surface area contributed by atoms with Crippen molar-refractivity contribution in [3.05, 3.63) is 64.5 Å². The Morgan fingerprint density at radius 1 is 1.10 bits per heavy atom. The monoisotopic (exact) mass is 429 g/mol. The van der Waals surface area contributed by atoms with E-state index in [9.17, 15) is 17.6 Å². The van der Waals surface area contributed by atoms with Crippen molar-refractivity contribution in [2.24, 2.45) is 0 Å². The van der Waals surface area contributed by atoms with Gasteiger partial charge in [0.1, 0.15) is 5.82 Å². The predicted octanol–water partition coefficient (Wildman–Crippen LogP) is 2.95. The molecule has 0 aliphatic heterocycles. The number of hydrogen-bond donors (Lipinski definition) is 2. The molecule has 6 nitrogen and oxygen atoms in total. The molecular weight excluding hydrogens is 405 g/mol. The van der Waals surface area contributed by atoms with Crippen LogP contribution >= 0.6 is 0 Å². The minimum atomic E-state index is -3.62. The van der Waals surface area contributed by atoms with E-state index < -0.39 is 15.8 Å². The summed E-state index contributed by atoms with van der Waals surface area (Å²) in [6.45, 7) is 0.148. The number of aryl methyl sites for hydroxylation is 2. The summed E-state index contributed by atoms with van der Waals surface area (Å²) in [4.78, 5) is 12.2. The number of hydrogen-bond acceptors (Lipinski definition) is 4. The summed E-state index contributed by atoms with van der Waals surface area (Å²) in [6, 6.07) is 11.2. The second-order valence-electron chi connectivity index (χ2n) is 7.33. The zero-order valence-electron chi connectivity index (χ0n) is 16.6. The van der Waals surface area contributed by atoms with Crippen molar-refractivity contribution in [1.29, 1.82) is 5.26 Å². The molecule has 0 radical (unpaired) electrons. The highest BCUT2D eigenvalue weighted by Gasteiger charge is 2.17. The zero-order chi connectivity index (χ0) is 21.6. The molecule has 2 aromatic rings. The van der Waals surface area contributed by atoms with Gasteiger partial charge < -0.3 is 5.32 Å². The molecule has 1 amide bonds. The molecule has 8 heteroatoms. The molecule has 30 heavy (non-hydrogen) atoms. The molecule has 0 unspecified atom stereocenters. The van der Waals surface area contributed by atoms with Gasteiger partial charge in [-0.2, -0.15) is 5.26 Å². The maximum absolute atomic E-state index is 13.8. The van der Waals surface area contributed by atoms with E-state index in [0.717, 1.165) is 37.3 Å². The van der Waals surface area contributed by atoms with Gasteiger partial charge in [-0.15, -0.1) is 0 Å². The predicted molar refractivity (Wildman–Crippen MR) is 110 cm³/mol. The van der Waals surface area contributed by atoms with Gasteiger partial charge in [0, 0.05) is 25.1 Å². The largest absolute Gasteiger partial charge is 0.352 e. The molecule has 1 aliphatic carbocycles. The maximum atomic E-state index is 13.8. The Hall–Kier alpha value is -2.76. The highest BCUT2D eigenvalue weighted by Crippen LogP contribution is 2.24. The molecule has 0 fully saturated rings. The highest BCUT2D eigenvalue weighted by atomic mass is 32.2. The minimum absolute atomic E-state index is 0.0111. The molecule has 0 heterocycles. The lowest BCUT2D eigenvalue weighted by molar-refractivity contribution is -0.121. The van der Waals surface area contributed by atoms with Gasteiger partial charge in [0.05, 0.1) is 16.5 Å². The zero-order valence-corrected chi connectivity index (χ0v) is 17.4. The first-order valence-corrected chi connectivity index (χ1v) is 11.4. The number of nitriles is 1. The number of benzene rings is 2. The summed E-state index contributed by atoms with van der Waals surface area (Å²) in [7, 11) is -3.62. The van der Waals surface area contributed by atoms with Gasteiger partial charge in [0.25, 0.3) is 0 Å². The van der Waals surface area contributed by atoms with E-state index in [0.29, 0.717) is 6.42 Å². The molecule has 0 saturated heterocycles. The summed E-state index contributed by atoms with van der Waals surface area (Å²) in [5, 5.41) is 11.3. The van der Waals surface area contributed by atoms with E-state index in [2.05, 4.69) is 10.0 Å². The molecule has 2 aromatic carbocycles. The molecule has 0 aromatic heterocycles. The Kier molecular flexibility index (Phi) is 7.19. The molecule has 158 valence electrons. The van der Waals surface area contributed by atoms with E-state index >= 15 is 0 Å². The van der Waals surface area contributed by atoms with Crippen molar-refractivity contribution >= 4 is 15.9 Å². The number of halogens is 1. The molecule has 0 bridgehead atoms. The van der Waals surface area contributed by atoms with Crippen LogP contribution in [0.5, 0.6) is 0 Å². The molecule has 0 saturated carbocycles.